The number of phenolic OH excluding ortho intramolecular Hbond substituents is 3. The van der Waals surface area contributed by atoms with Gasteiger partial charge in [0, 0.05) is 30.4 Å². The highest BCUT2D eigenvalue weighted by Gasteiger charge is 2.10. The fourth-order valence-electron chi connectivity index (χ4n) is 1.81. The van der Waals surface area contributed by atoms with Crippen molar-refractivity contribution in [2.24, 2.45) is 0 Å². The van der Waals surface area contributed by atoms with Crippen molar-refractivity contribution in [2.45, 2.75) is 6.92 Å². The van der Waals surface area contributed by atoms with E-state index in [-0.39, 0.29) is 11.6 Å². The lowest BCUT2D eigenvalue weighted by atomic mass is 10.2. The molecule has 120 valence electrons. The maximum atomic E-state index is 11.8. The van der Waals surface area contributed by atoms with Crippen LogP contribution in [0.3, 0.4) is 0 Å². The van der Waals surface area contributed by atoms with E-state index in [1.807, 2.05) is 0 Å². The second-order valence-electron chi connectivity index (χ2n) is 4.70. The summed E-state index contributed by atoms with van der Waals surface area (Å²) in [5.74, 6) is -1.97. The van der Waals surface area contributed by atoms with Crippen LogP contribution in [0.5, 0.6) is 17.2 Å². The molecule has 0 heterocycles. The molecule has 23 heavy (non-hydrogen) atoms. The molecule has 0 radical (unpaired) electrons. The monoisotopic (exact) mass is 317 g/mol. The molecule has 0 fully saturated rings. The molecule has 2 rings (SSSR count). The number of anilines is 3. The summed E-state index contributed by atoms with van der Waals surface area (Å²) in [6.07, 6.45) is 0. The molecule has 0 aliphatic carbocycles. The van der Waals surface area contributed by atoms with E-state index in [1.54, 1.807) is 24.3 Å². The van der Waals surface area contributed by atoms with E-state index < -0.39 is 23.3 Å². The Kier molecular flexibility index (Phi) is 4.55. The summed E-state index contributed by atoms with van der Waals surface area (Å²) in [6.45, 7) is 1.39. The zero-order chi connectivity index (χ0) is 17.0. The average molecular weight is 317 g/mol. The maximum Gasteiger partial charge on any atom is 0.323 e. The molecule has 8 heteroatoms. The second-order valence-corrected chi connectivity index (χ2v) is 4.70. The number of phenols is 3. The fourth-order valence-corrected chi connectivity index (χ4v) is 1.81. The summed E-state index contributed by atoms with van der Waals surface area (Å²) < 4.78 is 0. The molecule has 0 unspecified atom stereocenters. The SMILES string of the molecule is CC(=O)Nc1ccc(NC(=O)Nc2cc(O)c(O)c(O)c2)cc1. The van der Waals surface area contributed by atoms with Crippen molar-refractivity contribution in [3.63, 3.8) is 0 Å². The molecule has 0 aliphatic heterocycles. The van der Waals surface area contributed by atoms with Gasteiger partial charge in [-0.2, -0.15) is 0 Å². The first-order valence-electron chi connectivity index (χ1n) is 6.56. The number of carbonyl (C=O) groups excluding carboxylic acids is 2. The van der Waals surface area contributed by atoms with E-state index in [1.165, 1.54) is 6.92 Å². The van der Waals surface area contributed by atoms with Gasteiger partial charge in [-0.05, 0) is 24.3 Å². The van der Waals surface area contributed by atoms with Gasteiger partial charge in [0.25, 0.3) is 0 Å². The van der Waals surface area contributed by atoms with Crippen LogP contribution in [-0.4, -0.2) is 27.3 Å². The summed E-state index contributed by atoms with van der Waals surface area (Å²) in [6, 6.07) is 8.00. The molecule has 0 spiro atoms. The van der Waals surface area contributed by atoms with Crippen molar-refractivity contribution >= 4 is 29.0 Å². The van der Waals surface area contributed by atoms with Gasteiger partial charge in [-0.3, -0.25) is 4.79 Å². The Morgan fingerprint density at radius 3 is 1.70 bits per heavy atom. The van der Waals surface area contributed by atoms with E-state index in [4.69, 9.17) is 0 Å². The zero-order valence-corrected chi connectivity index (χ0v) is 12.1. The smallest absolute Gasteiger partial charge is 0.323 e. The number of rotatable bonds is 3. The molecule has 3 amide bonds. The summed E-state index contributed by atoms with van der Waals surface area (Å²) >= 11 is 0. The minimum absolute atomic E-state index is 0.102. The van der Waals surface area contributed by atoms with Crippen LogP contribution in [0.25, 0.3) is 0 Å². The lowest BCUT2D eigenvalue weighted by Gasteiger charge is -2.10. The van der Waals surface area contributed by atoms with E-state index in [9.17, 15) is 24.9 Å². The fraction of sp³-hybridized carbons (Fsp3) is 0.0667. The third-order valence-electron chi connectivity index (χ3n) is 2.79. The van der Waals surface area contributed by atoms with Gasteiger partial charge in [0.15, 0.2) is 17.2 Å². The van der Waals surface area contributed by atoms with Gasteiger partial charge in [-0.15, -0.1) is 0 Å². The lowest BCUT2D eigenvalue weighted by molar-refractivity contribution is -0.114. The summed E-state index contributed by atoms with van der Waals surface area (Å²) in [5, 5.41) is 35.5. The standard InChI is InChI=1S/C15H15N3O5/c1-8(19)16-9-2-4-10(5-3-9)17-15(23)18-11-6-12(20)14(22)13(21)7-11/h2-7,20-22H,1H3,(H,16,19)(H2,17,18,23). The second kappa shape index (κ2) is 6.56. The van der Waals surface area contributed by atoms with Crippen LogP contribution >= 0.6 is 0 Å². The van der Waals surface area contributed by atoms with Gasteiger partial charge < -0.3 is 31.3 Å². The molecule has 0 aromatic heterocycles. The molecule has 2 aromatic rings. The Balaban J connectivity index is 2.01. The van der Waals surface area contributed by atoms with Crippen LogP contribution < -0.4 is 16.0 Å². The third kappa shape index (κ3) is 4.27. The number of hydrogen-bond acceptors (Lipinski definition) is 5. The Morgan fingerprint density at radius 2 is 1.22 bits per heavy atom. The predicted molar refractivity (Wildman–Crippen MR) is 84.8 cm³/mol. The number of amides is 3. The van der Waals surface area contributed by atoms with Crippen molar-refractivity contribution in [1.29, 1.82) is 0 Å². The summed E-state index contributed by atoms with van der Waals surface area (Å²) in [4.78, 5) is 22.7. The third-order valence-corrected chi connectivity index (χ3v) is 2.79. The van der Waals surface area contributed by atoms with Crippen LogP contribution in [0.15, 0.2) is 36.4 Å². The van der Waals surface area contributed by atoms with Gasteiger partial charge in [-0.25, -0.2) is 4.79 Å². The Labute approximate surface area is 131 Å². The van der Waals surface area contributed by atoms with Crippen LogP contribution in [0.1, 0.15) is 6.92 Å². The minimum atomic E-state index is -0.662. The molecule has 8 nitrogen and oxygen atoms in total. The number of urea groups is 1. The number of hydrogen-bond donors (Lipinski definition) is 6. The van der Waals surface area contributed by atoms with E-state index >= 15 is 0 Å². The Bertz CT molecular complexity index is 720. The summed E-state index contributed by atoms with van der Waals surface area (Å²) in [7, 11) is 0. The van der Waals surface area contributed by atoms with Gasteiger partial charge in [-0.1, -0.05) is 0 Å². The topological polar surface area (TPSA) is 131 Å². The molecule has 0 aliphatic rings. The Morgan fingerprint density at radius 1 is 0.783 bits per heavy atom. The molecular weight excluding hydrogens is 302 g/mol. The highest BCUT2D eigenvalue weighted by atomic mass is 16.3. The zero-order valence-electron chi connectivity index (χ0n) is 12.1. The average Bonchev–Trinajstić information content (AvgIpc) is 2.46. The van der Waals surface area contributed by atoms with E-state index in [2.05, 4.69) is 16.0 Å². The quantitative estimate of drug-likeness (QED) is 0.382. The van der Waals surface area contributed by atoms with Gasteiger partial charge in [0.1, 0.15) is 0 Å². The largest absolute Gasteiger partial charge is 0.504 e. The van der Waals surface area contributed by atoms with Gasteiger partial charge >= 0.3 is 6.03 Å². The number of carbonyl (C=O) groups is 2. The highest BCUT2D eigenvalue weighted by molar-refractivity contribution is 6.00. The van der Waals surface area contributed by atoms with Gasteiger partial charge in [0.05, 0.1) is 5.69 Å². The maximum absolute atomic E-state index is 11.8. The van der Waals surface area contributed by atoms with E-state index in [0.29, 0.717) is 11.4 Å². The molecule has 6 N–H and O–H groups in total. The molecule has 2 aromatic carbocycles. The van der Waals surface area contributed by atoms with Crippen molar-refractivity contribution in [1.82, 2.24) is 0 Å². The first-order chi connectivity index (χ1) is 10.8. The van der Waals surface area contributed by atoms with Crippen LogP contribution in [-0.2, 0) is 4.79 Å². The van der Waals surface area contributed by atoms with E-state index in [0.717, 1.165) is 12.1 Å². The van der Waals surface area contributed by atoms with Crippen LogP contribution in [0, 0.1) is 0 Å². The van der Waals surface area contributed by atoms with Gasteiger partial charge in [0.2, 0.25) is 5.91 Å². The van der Waals surface area contributed by atoms with Crippen molar-refractivity contribution in [3.8, 4) is 17.2 Å². The molecular formula is C15H15N3O5. The van der Waals surface area contributed by atoms with Crippen molar-refractivity contribution in [3.05, 3.63) is 36.4 Å². The normalized spacial score (nSPS) is 9.96. The van der Waals surface area contributed by atoms with Crippen LogP contribution in [0.2, 0.25) is 0 Å². The number of aromatic hydroxyl groups is 3. The number of nitrogens with one attached hydrogen (secondary N) is 3. The molecule has 0 saturated heterocycles. The predicted octanol–water partition coefficient (Wildman–Crippen LogP) is 2.41. The number of benzene rings is 2. The van der Waals surface area contributed by atoms with Crippen LogP contribution in [0.4, 0.5) is 21.9 Å². The lowest BCUT2D eigenvalue weighted by Crippen LogP contribution is -2.19. The first kappa shape index (κ1) is 16.0. The minimum Gasteiger partial charge on any atom is -0.504 e. The Hall–Kier alpha value is -3.42. The molecule has 0 bridgehead atoms. The van der Waals surface area contributed by atoms with Crippen molar-refractivity contribution in [2.75, 3.05) is 16.0 Å². The molecule has 0 atom stereocenters. The van der Waals surface area contributed by atoms with Crippen molar-refractivity contribution < 1.29 is 24.9 Å². The summed E-state index contributed by atoms with van der Waals surface area (Å²) in [5.41, 5.74) is 1.17. The molecule has 0 saturated carbocycles. The highest BCUT2D eigenvalue weighted by Crippen LogP contribution is 2.37. The first-order valence-corrected chi connectivity index (χ1v) is 6.56.